The van der Waals surface area contributed by atoms with Gasteiger partial charge in [0.25, 0.3) is 0 Å². The fourth-order valence-electron chi connectivity index (χ4n) is 4.28. The molecular formula is C30H49KO5S. The molecule has 0 saturated heterocycles. The largest absolute Gasteiger partial charge is 1.00 e. The van der Waals surface area contributed by atoms with Crippen LogP contribution in [-0.2, 0) is 23.2 Å². The minimum Gasteiger partial charge on any atom is -1.00 e. The maximum absolute atomic E-state index is 8.74. The third-order valence-electron chi connectivity index (χ3n) is 6.26. The number of para-hydroxylation sites is 2. The fraction of sp³-hybridized carbons (Fsp3) is 0.600. The number of hydrogen-bond donors (Lipinski definition) is 2. The van der Waals surface area contributed by atoms with Crippen molar-refractivity contribution in [3.63, 3.8) is 0 Å². The van der Waals surface area contributed by atoms with Crippen molar-refractivity contribution < 1.29 is 75.1 Å². The molecule has 0 radical (unpaired) electrons. The maximum atomic E-state index is 8.74. The molecule has 0 atom stereocenters. The minimum atomic E-state index is -4.67. The van der Waals surface area contributed by atoms with E-state index in [9.17, 15) is 0 Å². The third kappa shape index (κ3) is 21.3. The van der Waals surface area contributed by atoms with Gasteiger partial charge in [-0.3, -0.25) is 9.11 Å². The zero-order valence-corrected chi connectivity index (χ0v) is 27.4. The number of rotatable bonds is 18. The van der Waals surface area contributed by atoms with Crippen LogP contribution in [0.2, 0.25) is 0 Å². The van der Waals surface area contributed by atoms with Gasteiger partial charge in [0.15, 0.2) is 0 Å². The van der Waals surface area contributed by atoms with Gasteiger partial charge in [0.1, 0.15) is 11.5 Å². The van der Waals surface area contributed by atoms with Crippen LogP contribution in [0, 0.1) is 0 Å². The van der Waals surface area contributed by atoms with Gasteiger partial charge in [-0.2, -0.15) is 8.42 Å². The van der Waals surface area contributed by atoms with Gasteiger partial charge in [0.2, 0.25) is 0 Å². The Morgan fingerprint density at radius 2 is 0.892 bits per heavy atom. The molecule has 0 heterocycles. The summed E-state index contributed by atoms with van der Waals surface area (Å²) >= 11 is 0. The molecule has 0 amide bonds. The summed E-state index contributed by atoms with van der Waals surface area (Å²) in [7, 11) is -4.67. The van der Waals surface area contributed by atoms with Gasteiger partial charge in [0, 0.05) is 0 Å². The normalized spacial score (nSPS) is 10.8. The van der Waals surface area contributed by atoms with Crippen LogP contribution in [0.3, 0.4) is 0 Å². The summed E-state index contributed by atoms with van der Waals surface area (Å²) in [6.45, 7) is 4.56. The summed E-state index contributed by atoms with van der Waals surface area (Å²) in [6.07, 6.45) is 21.1. The Kier molecular flexibility index (Phi) is 23.5. The summed E-state index contributed by atoms with van der Waals surface area (Å²) in [5.74, 6) is 2.08. The first-order valence-electron chi connectivity index (χ1n) is 13.9. The van der Waals surface area contributed by atoms with Crippen molar-refractivity contribution >= 4 is 10.4 Å². The van der Waals surface area contributed by atoms with Gasteiger partial charge in [0.05, 0.1) is 0 Å². The Morgan fingerprint density at radius 3 is 1.24 bits per heavy atom. The van der Waals surface area contributed by atoms with Crippen LogP contribution in [-0.4, -0.2) is 17.5 Å². The quantitative estimate of drug-likeness (QED) is 0.123. The SMILES string of the molecule is CCCCCCCCCc1ccccc1Oc1ccccc1CCCCCCCCC.O=S(=O)(O)O.[H-].[K+]. The molecule has 2 aromatic rings. The van der Waals surface area contributed by atoms with E-state index < -0.39 is 10.4 Å². The van der Waals surface area contributed by atoms with E-state index in [1.54, 1.807) is 0 Å². The predicted molar refractivity (Wildman–Crippen MR) is 152 cm³/mol. The van der Waals surface area contributed by atoms with E-state index in [0.29, 0.717) is 0 Å². The molecule has 206 valence electrons. The molecule has 0 bridgehead atoms. The molecule has 0 spiro atoms. The Hall–Kier alpha value is -0.254. The summed E-state index contributed by atoms with van der Waals surface area (Å²) in [5.41, 5.74) is 2.70. The van der Waals surface area contributed by atoms with Crippen LogP contribution in [0.5, 0.6) is 11.5 Å². The van der Waals surface area contributed by atoms with Gasteiger partial charge in [-0.1, -0.05) is 127 Å². The fourth-order valence-corrected chi connectivity index (χ4v) is 4.28. The first-order valence-corrected chi connectivity index (χ1v) is 15.3. The van der Waals surface area contributed by atoms with Crippen LogP contribution in [0.25, 0.3) is 0 Å². The van der Waals surface area contributed by atoms with E-state index >= 15 is 0 Å². The van der Waals surface area contributed by atoms with Gasteiger partial charge in [-0.05, 0) is 48.9 Å². The summed E-state index contributed by atoms with van der Waals surface area (Å²) in [4.78, 5) is 0. The molecule has 0 fully saturated rings. The average Bonchev–Trinajstić information content (AvgIpc) is 2.84. The Bertz CT molecular complexity index is 857. The van der Waals surface area contributed by atoms with E-state index in [-0.39, 0.29) is 52.8 Å². The molecule has 5 nitrogen and oxygen atoms in total. The molecule has 0 aromatic heterocycles. The molecule has 2 rings (SSSR count). The minimum absolute atomic E-state index is 0. The number of benzene rings is 2. The summed E-state index contributed by atoms with van der Waals surface area (Å²) in [6, 6.07) is 17.3. The van der Waals surface area contributed by atoms with Crippen molar-refractivity contribution in [2.24, 2.45) is 0 Å². The molecule has 0 aliphatic heterocycles. The van der Waals surface area contributed by atoms with Crippen LogP contribution in [0.4, 0.5) is 0 Å². The van der Waals surface area contributed by atoms with Crippen LogP contribution in [0.1, 0.15) is 116 Å². The zero-order valence-electron chi connectivity index (χ0n) is 24.5. The van der Waals surface area contributed by atoms with Crippen molar-refractivity contribution in [3.8, 4) is 11.5 Å². The van der Waals surface area contributed by atoms with Gasteiger partial charge >= 0.3 is 61.8 Å². The van der Waals surface area contributed by atoms with E-state index in [1.807, 2.05) is 0 Å². The van der Waals surface area contributed by atoms with Crippen molar-refractivity contribution in [1.82, 2.24) is 0 Å². The molecule has 37 heavy (non-hydrogen) atoms. The second-order valence-electron chi connectivity index (χ2n) is 9.51. The van der Waals surface area contributed by atoms with Gasteiger partial charge < -0.3 is 6.16 Å². The van der Waals surface area contributed by atoms with Crippen LogP contribution >= 0.6 is 0 Å². The van der Waals surface area contributed by atoms with Crippen molar-refractivity contribution in [3.05, 3.63) is 59.7 Å². The van der Waals surface area contributed by atoms with Crippen LogP contribution in [0.15, 0.2) is 48.5 Å². The molecule has 0 aliphatic rings. The van der Waals surface area contributed by atoms with Crippen molar-refractivity contribution in [2.75, 3.05) is 0 Å². The van der Waals surface area contributed by atoms with Gasteiger partial charge in [-0.25, -0.2) is 0 Å². The standard InChI is InChI=1S/C30H46O.K.H2O4S.H/c1-3-5-7-9-11-13-15-21-27-23-17-19-25-29(27)31-30-26-20-18-24-28(30)22-16-14-12-10-8-6-4-2;;1-5(2,3)4;/h17-20,23-26H,3-16,21-22H2,1-2H3;;(H2,1,2,3,4);/q;+1;;-1. The first-order chi connectivity index (χ1) is 17.3. The van der Waals surface area contributed by atoms with E-state index in [4.69, 9.17) is 22.3 Å². The van der Waals surface area contributed by atoms with E-state index in [2.05, 4.69) is 62.4 Å². The molecule has 0 unspecified atom stereocenters. The second kappa shape index (κ2) is 23.6. The monoisotopic (exact) mass is 560 g/mol. The van der Waals surface area contributed by atoms with E-state index in [1.165, 1.54) is 101 Å². The number of hydrogen-bond acceptors (Lipinski definition) is 3. The Morgan fingerprint density at radius 1 is 0.595 bits per heavy atom. The summed E-state index contributed by atoms with van der Waals surface area (Å²) < 4.78 is 38.0. The topological polar surface area (TPSA) is 83.8 Å². The molecule has 0 aliphatic carbocycles. The number of unbranched alkanes of at least 4 members (excludes halogenated alkanes) is 12. The van der Waals surface area contributed by atoms with Crippen LogP contribution < -0.4 is 56.1 Å². The smallest absolute Gasteiger partial charge is 1.00 e. The second-order valence-corrected chi connectivity index (χ2v) is 10.4. The van der Waals surface area contributed by atoms with Gasteiger partial charge in [-0.15, -0.1) is 0 Å². The molecule has 0 saturated carbocycles. The Labute approximate surface area is 270 Å². The number of aryl methyl sites for hydroxylation is 2. The number of ether oxygens (including phenoxy) is 1. The summed E-state index contributed by atoms with van der Waals surface area (Å²) in [5, 5.41) is 0. The van der Waals surface area contributed by atoms with E-state index in [0.717, 1.165) is 24.3 Å². The molecule has 2 aromatic carbocycles. The average molecular weight is 561 g/mol. The maximum Gasteiger partial charge on any atom is 1.00 e. The Balaban J connectivity index is 0. The zero-order chi connectivity index (χ0) is 26.5. The third-order valence-corrected chi connectivity index (χ3v) is 6.26. The first kappa shape index (κ1) is 36.7. The van der Waals surface area contributed by atoms with Crippen molar-refractivity contribution in [2.45, 2.75) is 117 Å². The predicted octanol–water partition coefficient (Wildman–Crippen LogP) is 6.53. The molecular weight excluding hydrogens is 511 g/mol. The molecule has 2 N–H and O–H groups in total. The molecule has 7 heteroatoms. The van der Waals surface area contributed by atoms with Crippen molar-refractivity contribution in [1.29, 1.82) is 0 Å².